The zero-order valence-electron chi connectivity index (χ0n) is 10.7. The smallest absolute Gasteiger partial charge is 0.244 e. The number of carbonyl (C=O) groups excluding carboxylic acids is 1. The molecule has 0 amide bonds. The fourth-order valence-electron chi connectivity index (χ4n) is 2.29. The van der Waals surface area contributed by atoms with Crippen LogP contribution in [0.1, 0.15) is 19.8 Å². The summed E-state index contributed by atoms with van der Waals surface area (Å²) in [5, 5.41) is 0. The number of benzene rings is 1. The molecule has 1 fully saturated rings. The van der Waals surface area contributed by atoms with Gasteiger partial charge in [0.05, 0.1) is 4.90 Å². The molecule has 1 atom stereocenters. The third kappa shape index (κ3) is 3.07. The zero-order chi connectivity index (χ0) is 14.0. The Morgan fingerprint density at radius 2 is 2.05 bits per heavy atom. The van der Waals surface area contributed by atoms with Gasteiger partial charge in [-0.05, 0) is 47.8 Å². The summed E-state index contributed by atoms with van der Waals surface area (Å²) in [4.78, 5) is 11.7. The van der Waals surface area contributed by atoms with Crippen molar-refractivity contribution in [3.63, 3.8) is 0 Å². The summed E-state index contributed by atoms with van der Waals surface area (Å²) < 4.78 is 27.1. The third-order valence-corrected chi connectivity index (χ3v) is 6.29. The Kier molecular flexibility index (Phi) is 4.43. The Morgan fingerprint density at radius 3 is 2.68 bits per heavy atom. The molecule has 0 aliphatic carbocycles. The van der Waals surface area contributed by atoms with Crippen molar-refractivity contribution in [1.82, 2.24) is 4.31 Å². The number of nitrogens with zero attached hydrogens (tertiary/aromatic N) is 1. The van der Waals surface area contributed by atoms with Crippen molar-refractivity contribution in [2.24, 2.45) is 5.92 Å². The van der Waals surface area contributed by atoms with E-state index in [0.29, 0.717) is 17.6 Å². The van der Waals surface area contributed by atoms with Gasteiger partial charge >= 0.3 is 0 Å². The van der Waals surface area contributed by atoms with E-state index in [0.717, 1.165) is 12.8 Å². The Morgan fingerprint density at radius 1 is 1.37 bits per heavy atom. The first kappa shape index (κ1) is 14.7. The number of piperidine rings is 1. The maximum Gasteiger partial charge on any atom is 0.244 e. The molecular weight excluding hydrogens is 330 g/mol. The lowest BCUT2D eigenvalue weighted by atomic mass is 9.96. The van der Waals surface area contributed by atoms with E-state index in [9.17, 15) is 13.2 Å². The number of hydrogen-bond acceptors (Lipinski definition) is 3. The van der Waals surface area contributed by atoms with E-state index in [4.69, 9.17) is 0 Å². The minimum Gasteiger partial charge on any atom is -0.300 e. The number of Topliss-reactive ketones (excluding diaryl/α,β-unsaturated/α-hetero) is 1. The van der Waals surface area contributed by atoms with Crippen LogP contribution in [0.25, 0.3) is 0 Å². The van der Waals surface area contributed by atoms with E-state index < -0.39 is 10.0 Å². The first-order valence-electron chi connectivity index (χ1n) is 6.18. The zero-order valence-corrected chi connectivity index (χ0v) is 13.1. The van der Waals surface area contributed by atoms with Gasteiger partial charge in [-0.25, -0.2) is 8.42 Å². The molecule has 1 aliphatic rings. The lowest BCUT2D eigenvalue weighted by molar-refractivity contribution is -0.121. The van der Waals surface area contributed by atoms with Gasteiger partial charge in [-0.2, -0.15) is 4.31 Å². The van der Waals surface area contributed by atoms with E-state index in [1.54, 1.807) is 24.3 Å². The fourth-order valence-corrected chi connectivity index (χ4v) is 4.77. The maximum atomic E-state index is 12.6. The van der Waals surface area contributed by atoms with Gasteiger partial charge in [0.25, 0.3) is 0 Å². The molecule has 0 radical (unpaired) electrons. The largest absolute Gasteiger partial charge is 0.300 e. The number of halogens is 1. The monoisotopic (exact) mass is 345 g/mol. The van der Waals surface area contributed by atoms with Crippen LogP contribution in [0, 0.1) is 5.92 Å². The normalized spacial score (nSPS) is 21.3. The summed E-state index contributed by atoms with van der Waals surface area (Å²) >= 11 is 3.27. The molecule has 1 unspecified atom stereocenters. The molecule has 1 heterocycles. The first-order valence-corrected chi connectivity index (χ1v) is 8.41. The minimum absolute atomic E-state index is 0.0621. The van der Waals surface area contributed by atoms with Crippen LogP contribution in [-0.4, -0.2) is 31.6 Å². The van der Waals surface area contributed by atoms with E-state index in [1.807, 2.05) is 0 Å². The molecule has 19 heavy (non-hydrogen) atoms. The van der Waals surface area contributed by atoms with E-state index in [-0.39, 0.29) is 16.6 Å². The quantitative estimate of drug-likeness (QED) is 0.845. The maximum absolute atomic E-state index is 12.6. The van der Waals surface area contributed by atoms with E-state index in [1.165, 1.54) is 11.2 Å². The predicted octanol–water partition coefficient (Wildman–Crippen LogP) is 2.44. The number of sulfonamides is 1. The molecule has 0 N–H and O–H groups in total. The second-order valence-electron chi connectivity index (χ2n) is 4.74. The summed E-state index contributed by atoms with van der Waals surface area (Å²) in [6, 6.07) is 6.76. The number of hydrogen-bond donors (Lipinski definition) is 0. The molecule has 0 bridgehead atoms. The summed E-state index contributed by atoms with van der Waals surface area (Å²) in [7, 11) is -3.52. The SMILES string of the molecule is CC(=O)C1CCCN(S(=O)(=O)c2ccccc2Br)C1. The van der Waals surface area contributed by atoms with Crippen LogP contribution in [0.3, 0.4) is 0 Å². The lowest BCUT2D eigenvalue weighted by Gasteiger charge is -2.30. The highest BCUT2D eigenvalue weighted by molar-refractivity contribution is 9.10. The van der Waals surface area contributed by atoms with Gasteiger partial charge in [-0.3, -0.25) is 4.79 Å². The second-order valence-corrected chi connectivity index (χ2v) is 7.50. The van der Waals surface area contributed by atoms with E-state index >= 15 is 0 Å². The van der Waals surface area contributed by atoms with Crippen molar-refractivity contribution in [2.45, 2.75) is 24.7 Å². The van der Waals surface area contributed by atoms with Crippen LogP contribution < -0.4 is 0 Å². The molecule has 1 saturated heterocycles. The molecule has 1 aliphatic heterocycles. The van der Waals surface area contributed by atoms with Gasteiger partial charge in [0.15, 0.2) is 0 Å². The first-order chi connectivity index (χ1) is 8.93. The molecule has 2 rings (SSSR count). The molecule has 1 aromatic rings. The predicted molar refractivity (Wildman–Crippen MR) is 76.3 cm³/mol. The highest BCUT2D eigenvalue weighted by Gasteiger charge is 2.32. The van der Waals surface area contributed by atoms with Gasteiger partial charge in [-0.1, -0.05) is 12.1 Å². The van der Waals surface area contributed by atoms with Crippen LogP contribution >= 0.6 is 15.9 Å². The van der Waals surface area contributed by atoms with Crippen molar-refractivity contribution < 1.29 is 13.2 Å². The van der Waals surface area contributed by atoms with Crippen LogP contribution in [0.15, 0.2) is 33.6 Å². The topological polar surface area (TPSA) is 54.5 Å². The van der Waals surface area contributed by atoms with Gasteiger partial charge in [0.2, 0.25) is 10.0 Å². The highest BCUT2D eigenvalue weighted by atomic mass is 79.9. The second kappa shape index (κ2) is 5.73. The average molecular weight is 346 g/mol. The highest BCUT2D eigenvalue weighted by Crippen LogP contribution is 2.28. The summed E-state index contributed by atoms with van der Waals surface area (Å²) in [5.74, 6) is -0.113. The van der Waals surface area contributed by atoms with Gasteiger partial charge < -0.3 is 0 Å². The van der Waals surface area contributed by atoms with Crippen molar-refractivity contribution in [1.29, 1.82) is 0 Å². The average Bonchev–Trinajstić information content (AvgIpc) is 2.39. The number of rotatable bonds is 3. The van der Waals surface area contributed by atoms with Gasteiger partial charge in [-0.15, -0.1) is 0 Å². The lowest BCUT2D eigenvalue weighted by Crippen LogP contribution is -2.41. The van der Waals surface area contributed by atoms with Crippen LogP contribution in [0.4, 0.5) is 0 Å². The standard InChI is InChI=1S/C13H16BrNO3S/c1-10(16)11-5-4-8-15(9-11)19(17,18)13-7-3-2-6-12(13)14/h2-3,6-7,11H,4-5,8-9H2,1H3. The summed E-state index contributed by atoms with van der Waals surface area (Å²) in [6.07, 6.45) is 1.51. The number of ketones is 1. The van der Waals surface area contributed by atoms with Gasteiger partial charge in [0.1, 0.15) is 5.78 Å². The Hall–Kier alpha value is -0.720. The molecule has 6 heteroatoms. The molecule has 1 aromatic carbocycles. The molecular formula is C13H16BrNO3S. The molecule has 0 aromatic heterocycles. The summed E-state index contributed by atoms with van der Waals surface area (Å²) in [6.45, 7) is 2.30. The van der Waals surface area contributed by atoms with Crippen molar-refractivity contribution >= 4 is 31.7 Å². The van der Waals surface area contributed by atoms with Crippen LogP contribution in [-0.2, 0) is 14.8 Å². The Labute approximate surface area is 122 Å². The molecule has 104 valence electrons. The third-order valence-electron chi connectivity index (χ3n) is 3.41. The molecule has 4 nitrogen and oxygen atoms in total. The molecule has 0 saturated carbocycles. The van der Waals surface area contributed by atoms with Crippen molar-refractivity contribution in [2.75, 3.05) is 13.1 Å². The Balaban J connectivity index is 2.30. The minimum atomic E-state index is -3.52. The number of carbonyl (C=O) groups is 1. The molecule has 0 spiro atoms. The Bertz CT molecular complexity index is 585. The fraction of sp³-hybridized carbons (Fsp3) is 0.462. The summed E-state index contributed by atoms with van der Waals surface area (Å²) in [5.41, 5.74) is 0. The van der Waals surface area contributed by atoms with Crippen LogP contribution in [0.5, 0.6) is 0 Å². The van der Waals surface area contributed by atoms with E-state index in [2.05, 4.69) is 15.9 Å². The van der Waals surface area contributed by atoms with Crippen LogP contribution in [0.2, 0.25) is 0 Å². The van der Waals surface area contributed by atoms with Crippen molar-refractivity contribution in [3.05, 3.63) is 28.7 Å². The van der Waals surface area contributed by atoms with Crippen molar-refractivity contribution in [3.8, 4) is 0 Å². The van der Waals surface area contributed by atoms with Gasteiger partial charge in [0, 0.05) is 23.5 Å².